The molecule has 1 aromatic heterocycles. The molecule has 0 bridgehead atoms. The number of hydrogen-bond acceptors (Lipinski definition) is 1. The number of nitrogens with zero attached hydrogens (tertiary/aromatic N) is 1. The zero-order chi connectivity index (χ0) is 13.3. The lowest BCUT2D eigenvalue weighted by molar-refractivity contribution is -0.138. The molecule has 0 saturated heterocycles. The Balaban J connectivity index is 2.61. The van der Waals surface area contributed by atoms with Crippen molar-refractivity contribution in [1.82, 2.24) is 4.57 Å². The molecule has 0 N–H and O–H groups in total. The van der Waals surface area contributed by atoms with Crippen molar-refractivity contribution in [2.75, 3.05) is 0 Å². The summed E-state index contributed by atoms with van der Waals surface area (Å²) in [6.07, 6.45) is -3.65. The van der Waals surface area contributed by atoms with E-state index in [0.717, 1.165) is 26.5 Å². The third-order valence-electron chi connectivity index (χ3n) is 2.32. The Kier molecular flexibility index (Phi) is 3.47. The fourth-order valence-corrected chi connectivity index (χ4v) is 2.01. The van der Waals surface area contributed by atoms with E-state index in [-0.39, 0.29) is 0 Å². The largest absolute Gasteiger partial charge is 0.417 e. The highest BCUT2D eigenvalue weighted by Crippen LogP contribution is 2.28. The number of rotatable bonds is 1. The van der Waals surface area contributed by atoms with E-state index in [0.29, 0.717) is 5.69 Å². The Labute approximate surface area is 114 Å². The first-order valence-electron chi connectivity index (χ1n) is 4.94. The van der Waals surface area contributed by atoms with Crippen LogP contribution >= 0.6 is 22.6 Å². The molecule has 0 atom stereocenters. The van der Waals surface area contributed by atoms with Gasteiger partial charge in [0, 0.05) is 21.5 Å². The molecule has 1 aromatic carbocycles. The van der Waals surface area contributed by atoms with E-state index >= 15 is 0 Å². The summed E-state index contributed by atoms with van der Waals surface area (Å²) in [5, 5.41) is 0. The molecule has 2 aromatic rings. The molecule has 6 heteroatoms. The standard InChI is InChI=1S/C12H7F3INO/c13-12(14,15)8-4-5-11(18)17(7-8)10-3-1-2-9(16)6-10/h1-7H. The van der Waals surface area contributed by atoms with Gasteiger partial charge >= 0.3 is 6.18 Å². The van der Waals surface area contributed by atoms with Crippen LogP contribution in [0, 0.1) is 3.57 Å². The zero-order valence-electron chi connectivity index (χ0n) is 8.91. The summed E-state index contributed by atoms with van der Waals surface area (Å²) in [5.74, 6) is 0. The van der Waals surface area contributed by atoms with Crippen LogP contribution in [-0.4, -0.2) is 4.57 Å². The number of benzene rings is 1. The van der Waals surface area contributed by atoms with Crippen molar-refractivity contribution < 1.29 is 13.2 Å². The molecular weight excluding hydrogens is 358 g/mol. The summed E-state index contributed by atoms with van der Waals surface area (Å²) >= 11 is 2.03. The highest BCUT2D eigenvalue weighted by molar-refractivity contribution is 14.1. The van der Waals surface area contributed by atoms with E-state index < -0.39 is 17.3 Å². The molecule has 18 heavy (non-hydrogen) atoms. The topological polar surface area (TPSA) is 22.0 Å². The fourth-order valence-electron chi connectivity index (χ4n) is 1.48. The summed E-state index contributed by atoms with van der Waals surface area (Å²) in [4.78, 5) is 11.6. The van der Waals surface area contributed by atoms with Gasteiger partial charge in [-0.2, -0.15) is 13.2 Å². The van der Waals surface area contributed by atoms with E-state index in [9.17, 15) is 18.0 Å². The number of alkyl halides is 3. The van der Waals surface area contributed by atoms with Gasteiger partial charge in [-0.25, -0.2) is 0 Å². The minimum absolute atomic E-state index is 0.415. The van der Waals surface area contributed by atoms with Gasteiger partial charge in [0.15, 0.2) is 0 Å². The highest BCUT2D eigenvalue weighted by Gasteiger charge is 2.31. The molecule has 0 saturated carbocycles. The lowest BCUT2D eigenvalue weighted by atomic mass is 10.2. The first kappa shape index (κ1) is 13.1. The van der Waals surface area contributed by atoms with Crippen LogP contribution in [0.5, 0.6) is 0 Å². The number of hydrogen-bond donors (Lipinski definition) is 0. The number of halogens is 4. The number of pyridine rings is 1. The molecule has 0 fully saturated rings. The van der Waals surface area contributed by atoms with Gasteiger partial charge in [0.1, 0.15) is 0 Å². The van der Waals surface area contributed by atoms with Gasteiger partial charge in [-0.15, -0.1) is 0 Å². The molecule has 0 radical (unpaired) electrons. The maximum absolute atomic E-state index is 12.6. The van der Waals surface area contributed by atoms with Crippen molar-refractivity contribution in [3.05, 3.63) is 62.1 Å². The minimum Gasteiger partial charge on any atom is -0.284 e. The second kappa shape index (κ2) is 4.75. The Bertz CT molecular complexity index is 634. The normalized spacial score (nSPS) is 11.6. The van der Waals surface area contributed by atoms with Crippen LogP contribution in [0.1, 0.15) is 5.56 Å². The summed E-state index contributed by atoms with van der Waals surface area (Å²) in [6.45, 7) is 0. The van der Waals surface area contributed by atoms with Gasteiger partial charge in [-0.3, -0.25) is 9.36 Å². The second-order valence-electron chi connectivity index (χ2n) is 3.60. The number of aromatic nitrogens is 1. The molecule has 94 valence electrons. The Hall–Kier alpha value is -1.31. The van der Waals surface area contributed by atoms with Crippen LogP contribution in [0.25, 0.3) is 5.69 Å². The average Bonchev–Trinajstić information content (AvgIpc) is 2.28. The SMILES string of the molecule is O=c1ccc(C(F)(F)F)cn1-c1cccc(I)c1. The maximum atomic E-state index is 12.6. The summed E-state index contributed by atoms with van der Waals surface area (Å²) < 4.78 is 39.6. The van der Waals surface area contributed by atoms with Gasteiger partial charge in [0.2, 0.25) is 0 Å². The fraction of sp³-hybridized carbons (Fsp3) is 0.0833. The lowest BCUT2D eigenvalue weighted by Crippen LogP contribution is -2.19. The Morgan fingerprint density at radius 1 is 1.11 bits per heavy atom. The van der Waals surface area contributed by atoms with E-state index in [1.807, 2.05) is 22.6 Å². The van der Waals surface area contributed by atoms with Crippen molar-refractivity contribution in [2.45, 2.75) is 6.18 Å². The first-order valence-corrected chi connectivity index (χ1v) is 6.01. The van der Waals surface area contributed by atoms with Crippen LogP contribution in [-0.2, 0) is 6.18 Å². The second-order valence-corrected chi connectivity index (χ2v) is 4.85. The molecule has 0 aliphatic heterocycles. The van der Waals surface area contributed by atoms with Gasteiger partial charge < -0.3 is 0 Å². The van der Waals surface area contributed by atoms with Gasteiger partial charge in [-0.05, 0) is 46.9 Å². The smallest absolute Gasteiger partial charge is 0.284 e. The van der Waals surface area contributed by atoms with E-state index in [4.69, 9.17) is 0 Å². The average molecular weight is 365 g/mol. The predicted octanol–water partition coefficient (Wildman–Crippen LogP) is 3.46. The Morgan fingerprint density at radius 3 is 2.44 bits per heavy atom. The van der Waals surface area contributed by atoms with Gasteiger partial charge in [0.25, 0.3) is 5.56 Å². The third-order valence-corrected chi connectivity index (χ3v) is 3.00. The van der Waals surface area contributed by atoms with Crippen LogP contribution in [0.3, 0.4) is 0 Å². The monoisotopic (exact) mass is 365 g/mol. The van der Waals surface area contributed by atoms with Crippen molar-refractivity contribution >= 4 is 22.6 Å². The zero-order valence-corrected chi connectivity index (χ0v) is 11.1. The summed E-state index contributed by atoms with van der Waals surface area (Å²) in [7, 11) is 0. The maximum Gasteiger partial charge on any atom is 0.417 e. The molecule has 0 aliphatic rings. The summed E-state index contributed by atoms with van der Waals surface area (Å²) in [5.41, 5.74) is -0.927. The minimum atomic E-state index is -4.46. The molecule has 1 heterocycles. The molecule has 2 rings (SSSR count). The van der Waals surface area contributed by atoms with Crippen molar-refractivity contribution in [3.63, 3.8) is 0 Å². The van der Waals surface area contributed by atoms with E-state index in [1.165, 1.54) is 0 Å². The van der Waals surface area contributed by atoms with Crippen LogP contribution < -0.4 is 5.56 Å². The summed E-state index contributed by atoms with van der Waals surface area (Å²) in [6, 6.07) is 8.41. The van der Waals surface area contributed by atoms with E-state index in [1.54, 1.807) is 24.3 Å². The molecule has 0 unspecified atom stereocenters. The molecular formula is C12H7F3INO. The molecule has 0 spiro atoms. The van der Waals surface area contributed by atoms with Gasteiger partial charge in [0.05, 0.1) is 5.56 Å². The van der Waals surface area contributed by atoms with Crippen molar-refractivity contribution in [1.29, 1.82) is 0 Å². The van der Waals surface area contributed by atoms with Crippen molar-refractivity contribution in [2.24, 2.45) is 0 Å². The molecule has 0 aliphatic carbocycles. The van der Waals surface area contributed by atoms with Crippen LogP contribution in [0.4, 0.5) is 13.2 Å². The third kappa shape index (κ3) is 2.74. The first-order chi connectivity index (χ1) is 8.38. The van der Waals surface area contributed by atoms with E-state index in [2.05, 4.69) is 0 Å². The predicted molar refractivity (Wildman–Crippen MR) is 69.8 cm³/mol. The van der Waals surface area contributed by atoms with Crippen LogP contribution in [0.15, 0.2) is 47.4 Å². The highest BCUT2D eigenvalue weighted by atomic mass is 127. The van der Waals surface area contributed by atoms with Crippen LogP contribution in [0.2, 0.25) is 0 Å². The Morgan fingerprint density at radius 2 is 1.83 bits per heavy atom. The van der Waals surface area contributed by atoms with Gasteiger partial charge in [-0.1, -0.05) is 6.07 Å². The van der Waals surface area contributed by atoms with Crippen molar-refractivity contribution in [3.8, 4) is 5.69 Å². The molecule has 2 nitrogen and oxygen atoms in total. The lowest BCUT2D eigenvalue weighted by Gasteiger charge is -2.10. The quantitative estimate of drug-likeness (QED) is 0.710. The molecule has 0 amide bonds.